The second-order valence-corrected chi connectivity index (χ2v) is 15.8. The maximum absolute atomic E-state index is 13.9. The zero-order valence-electron chi connectivity index (χ0n) is 30.8. The Morgan fingerprint density at radius 3 is 2.29 bits per heavy atom. The van der Waals surface area contributed by atoms with Gasteiger partial charge < -0.3 is 14.5 Å². The number of rotatable bonds is 11. The summed E-state index contributed by atoms with van der Waals surface area (Å²) in [4.78, 5) is 16.1. The van der Waals surface area contributed by atoms with E-state index in [4.69, 9.17) is 9.15 Å². The summed E-state index contributed by atoms with van der Waals surface area (Å²) >= 11 is 0. The van der Waals surface area contributed by atoms with E-state index in [2.05, 4.69) is 79.1 Å². The molecule has 1 aliphatic heterocycles. The van der Waals surface area contributed by atoms with E-state index in [0.29, 0.717) is 23.3 Å². The summed E-state index contributed by atoms with van der Waals surface area (Å²) in [5, 5.41) is 5.12. The monoisotopic (exact) mass is 716 g/mol. The Bertz CT molecular complexity index is 2450. The number of ether oxygens (including phenoxy) is 1. The van der Waals surface area contributed by atoms with Crippen molar-refractivity contribution >= 4 is 44.0 Å². The maximum atomic E-state index is 13.9. The molecule has 9 heteroatoms. The standard InChI is InChI=1S/C43H45N3O5S/c1-8-43(6,7)42(47)50-22-21-44-52(48,49)40-12-10-9-11-35(40)41-33-17-15-31(45-36-19-13-27(2)23-29(36)4)25-38(33)51-39-26-32(16-18-34(39)41)46-37-20-14-28(3)24-30(37)5/h9-20,23-26,44-45H,8,21-22H2,1-7H3/p+1. The fourth-order valence-corrected chi connectivity index (χ4v) is 7.42. The van der Waals surface area contributed by atoms with E-state index in [-0.39, 0.29) is 24.0 Å². The molecule has 52 heavy (non-hydrogen) atoms. The van der Waals surface area contributed by atoms with Crippen LogP contribution in [-0.4, -0.2) is 27.5 Å². The van der Waals surface area contributed by atoms with Crippen LogP contribution < -0.4 is 20.4 Å². The highest BCUT2D eigenvalue weighted by Gasteiger charge is 2.28. The van der Waals surface area contributed by atoms with E-state index in [0.717, 1.165) is 50.1 Å². The Hall–Kier alpha value is -5.25. The van der Waals surface area contributed by atoms with Gasteiger partial charge in [0.25, 0.3) is 0 Å². The fraction of sp³-hybridized carbons (Fsp3) is 0.256. The van der Waals surface area contributed by atoms with Crippen LogP contribution in [-0.2, 0) is 19.6 Å². The SMILES string of the molecule is CCC(C)(C)C(=O)OCCNS(=O)(=O)c1ccccc1-c1c2ccc(=[NH+]c3ccc(C)cc3C)cc-2oc2cc(Nc3ccc(C)cc3C)ccc12. The first kappa shape index (κ1) is 36.5. The molecule has 0 unspecified atom stereocenters. The number of hydrogen-bond acceptors (Lipinski definition) is 6. The van der Waals surface area contributed by atoms with Gasteiger partial charge in [-0.2, -0.15) is 0 Å². The molecule has 1 aliphatic carbocycles. The van der Waals surface area contributed by atoms with Crippen molar-refractivity contribution < 1.29 is 27.4 Å². The number of sulfonamides is 1. The molecule has 0 radical (unpaired) electrons. The first-order chi connectivity index (χ1) is 24.8. The molecule has 0 aromatic heterocycles. The van der Waals surface area contributed by atoms with Gasteiger partial charge in [-0.25, -0.2) is 18.1 Å². The van der Waals surface area contributed by atoms with Crippen LogP contribution in [0.5, 0.6) is 0 Å². The summed E-state index contributed by atoms with van der Waals surface area (Å²) in [5.74, 6) is 0.227. The van der Waals surface area contributed by atoms with Gasteiger partial charge in [-0.3, -0.25) is 4.79 Å². The molecule has 0 fully saturated rings. The molecular weight excluding hydrogens is 671 g/mol. The zero-order chi connectivity index (χ0) is 37.2. The number of carbonyl (C=O) groups is 1. The lowest BCUT2D eigenvalue weighted by molar-refractivity contribution is -0.403. The highest BCUT2D eigenvalue weighted by molar-refractivity contribution is 7.89. The minimum Gasteiger partial charge on any atom is -0.464 e. The average Bonchev–Trinajstić information content (AvgIpc) is 3.11. The van der Waals surface area contributed by atoms with Crippen molar-refractivity contribution in [3.63, 3.8) is 0 Å². The van der Waals surface area contributed by atoms with Gasteiger partial charge in [-0.05, 0) is 89.9 Å². The van der Waals surface area contributed by atoms with Crippen molar-refractivity contribution in [3.8, 4) is 22.5 Å². The van der Waals surface area contributed by atoms with E-state index in [1.165, 1.54) is 11.1 Å². The number of esters is 1. The lowest BCUT2D eigenvalue weighted by Crippen LogP contribution is -2.70. The lowest BCUT2D eigenvalue weighted by Gasteiger charge is -2.20. The molecule has 0 amide bonds. The quantitative estimate of drug-likeness (QED) is 0.0719. The minimum atomic E-state index is -4.03. The molecule has 4 aromatic rings. The second kappa shape index (κ2) is 14.8. The third-order valence-corrected chi connectivity index (χ3v) is 11.1. The largest absolute Gasteiger partial charge is 0.464 e. The van der Waals surface area contributed by atoms with Gasteiger partial charge in [0.15, 0.2) is 0 Å². The second-order valence-electron chi connectivity index (χ2n) is 14.1. The summed E-state index contributed by atoms with van der Waals surface area (Å²) in [6, 6.07) is 31.2. The number of benzene rings is 5. The first-order valence-corrected chi connectivity index (χ1v) is 19.0. The van der Waals surface area contributed by atoms with E-state index >= 15 is 0 Å². The Morgan fingerprint density at radius 1 is 0.827 bits per heavy atom. The predicted octanol–water partition coefficient (Wildman–Crippen LogP) is 7.75. The number of hydrogen-bond donors (Lipinski definition) is 3. The molecule has 0 atom stereocenters. The molecule has 0 bridgehead atoms. The van der Waals surface area contributed by atoms with Crippen LogP contribution in [0.2, 0.25) is 0 Å². The lowest BCUT2D eigenvalue weighted by atomic mass is 9.91. The van der Waals surface area contributed by atoms with Crippen molar-refractivity contribution in [3.05, 3.63) is 125 Å². The van der Waals surface area contributed by atoms with Crippen LogP contribution in [0.3, 0.4) is 0 Å². The van der Waals surface area contributed by atoms with Gasteiger partial charge in [0.2, 0.25) is 21.1 Å². The smallest absolute Gasteiger partial charge is 0.311 e. The number of fused-ring (bicyclic) bond motifs is 2. The third kappa shape index (κ3) is 7.81. The Morgan fingerprint density at radius 2 is 1.56 bits per heavy atom. The summed E-state index contributed by atoms with van der Waals surface area (Å²) < 4.78 is 42.5. The fourth-order valence-electron chi connectivity index (χ4n) is 6.20. The van der Waals surface area contributed by atoms with Crippen molar-refractivity contribution in [1.82, 2.24) is 4.72 Å². The van der Waals surface area contributed by atoms with Crippen LogP contribution in [0.1, 0.15) is 49.4 Å². The van der Waals surface area contributed by atoms with Crippen LogP contribution in [0.15, 0.2) is 106 Å². The zero-order valence-corrected chi connectivity index (χ0v) is 31.6. The molecule has 4 aromatic carbocycles. The molecule has 2 aliphatic rings. The topological polar surface area (TPSA) is 112 Å². The molecule has 0 spiro atoms. The van der Waals surface area contributed by atoms with Crippen LogP contribution in [0, 0.1) is 33.1 Å². The third-order valence-electron chi connectivity index (χ3n) is 9.55. The summed E-state index contributed by atoms with van der Waals surface area (Å²) in [6.45, 7) is 13.7. The van der Waals surface area contributed by atoms with Crippen molar-refractivity contribution in [2.75, 3.05) is 18.5 Å². The van der Waals surface area contributed by atoms with E-state index in [1.807, 2.05) is 69.3 Å². The van der Waals surface area contributed by atoms with Crippen molar-refractivity contribution in [2.45, 2.75) is 59.8 Å². The number of anilines is 2. The van der Waals surface area contributed by atoms with E-state index < -0.39 is 15.4 Å². The van der Waals surface area contributed by atoms with Gasteiger partial charge in [0, 0.05) is 63.8 Å². The van der Waals surface area contributed by atoms with E-state index in [9.17, 15) is 13.2 Å². The van der Waals surface area contributed by atoms with Crippen LogP contribution in [0.25, 0.3) is 33.4 Å². The van der Waals surface area contributed by atoms with Crippen LogP contribution in [0.4, 0.5) is 17.1 Å². The van der Waals surface area contributed by atoms with Gasteiger partial charge in [0.05, 0.1) is 16.4 Å². The highest BCUT2D eigenvalue weighted by Crippen LogP contribution is 2.43. The number of aryl methyl sites for hydroxylation is 4. The summed E-state index contributed by atoms with van der Waals surface area (Å²) in [7, 11) is -4.03. The van der Waals surface area contributed by atoms with E-state index in [1.54, 1.807) is 12.1 Å². The molecule has 0 saturated heterocycles. The van der Waals surface area contributed by atoms with Gasteiger partial charge in [-0.1, -0.05) is 54.4 Å². The predicted molar refractivity (Wildman–Crippen MR) is 207 cm³/mol. The Labute approximate surface area is 306 Å². The number of nitrogens with one attached hydrogen (secondary N) is 3. The first-order valence-electron chi connectivity index (χ1n) is 17.5. The van der Waals surface area contributed by atoms with Crippen LogP contribution >= 0.6 is 0 Å². The van der Waals surface area contributed by atoms with Gasteiger partial charge in [-0.15, -0.1) is 0 Å². The highest BCUT2D eigenvalue weighted by atomic mass is 32.2. The molecular formula is C43H46N3O5S+. The molecule has 3 N–H and O–H groups in total. The normalized spacial score (nSPS) is 12.4. The Kier molecular flexibility index (Phi) is 10.4. The molecule has 268 valence electrons. The molecule has 6 rings (SSSR count). The minimum absolute atomic E-state index is 0.0608. The van der Waals surface area contributed by atoms with Crippen molar-refractivity contribution in [2.24, 2.45) is 5.41 Å². The summed E-state index contributed by atoms with van der Waals surface area (Å²) in [5.41, 5.74) is 9.36. The Balaban J connectivity index is 1.47. The maximum Gasteiger partial charge on any atom is 0.311 e. The molecule has 0 saturated carbocycles. The number of carbonyl (C=O) groups excluding carboxylic acids is 1. The summed E-state index contributed by atoms with van der Waals surface area (Å²) in [6.07, 6.45) is 0.614. The molecule has 8 nitrogen and oxygen atoms in total. The van der Waals surface area contributed by atoms with Gasteiger partial charge in [0.1, 0.15) is 18.0 Å². The average molecular weight is 717 g/mol. The van der Waals surface area contributed by atoms with Crippen molar-refractivity contribution in [1.29, 1.82) is 0 Å². The van der Waals surface area contributed by atoms with Gasteiger partial charge >= 0.3 is 5.97 Å². The molecule has 1 heterocycles.